The zero-order valence-corrected chi connectivity index (χ0v) is 9.55. The molecule has 0 atom stereocenters. The molecule has 0 fully saturated rings. The first-order valence-electron chi connectivity index (χ1n) is 5.26. The van der Waals surface area contributed by atoms with Gasteiger partial charge in [0.15, 0.2) is 0 Å². The number of benzene rings is 1. The number of hydrogen-bond donors (Lipinski definition) is 1. The van der Waals surface area contributed by atoms with Crippen LogP contribution in [0.25, 0.3) is 0 Å². The highest BCUT2D eigenvalue weighted by Crippen LogP contribution is 2.23. The molecule has 0 aliphatic rings. The molecule has 1 aromatic carbocycles. The fraction of sp³-hybridized carbons (Fsp3) is 0.385. The van der Waals surface area contributed by atoms with Gasteiger partial charge < -0.3 is 10.1 Å². The zero-order valence-electron chi connectivity index (χ0n) is 9.55. The third kappa shape index (κ3) is 3.40. The smallest absolute Gasteiger partial charge is 0.126 e. The molecule has 1 N–H and O–H groups in total. The van der Waals surface area contributed by atoms with Crippen molar-refractivity contribution in [3.8, 4) is 5.75 Å². The summed E-state index contributed by atoms with van der Waals surface area (Å²) in [7, 11) is 1.94. The standard InChI is InChI=1S/C13H19NO/c1-4-5-9-15-13-11(2)7-6-8-12(13)10-14-3/h4,6-8,14H,1,5,9-10H2,2-3H3. The van der Waals surface area contributed by atoms with Crippen LogP contribution in [0.15, 0.2) is 30.9 Å². The maximum Gasteiger partial charge on any atom is 0.126 e. The van der Waals surface area contributed by atoms with Gasteiger partial charge in [0, 0.05) is 12.1 Å². The van der Waals surface area contributed by atoms with Crippen LogP contribution in [0.4, 0.5) is 0 Å². The van der Waals surface area contributed by atoms with E-state index in [4.69, 9.17) is 4.74 Å². The molecule has 0 bridgehead atoms. The van der Waals surface area contributed by atoms with Gasteiger partial charge in [0.25, 0.3) is 0 Å². The summed E-state index contributed by atoms with van der Waals surface area (Å²) in [6.07, 6.45) is 2.75. The zero-order chi connectivity index (χ0) is 11.1. The SMILES string of the molecule is C=CCCOc1c(C)cccc1CNC. The lowest BCUT2D eigenvalue weighted by Gasteiger charge is -2.13. The molecule has 0 heterocycles. The second-order valence-electron chi connectivity index (χ2n) is 3.52. The van der Waals surface area contributed by atoms with Crippen molar-refractivity contribution in [3.05, 3.63) is 42.0 Å². The Balaban J connectivity index is 2.76. The molecule has 2 heteroatoms. The number of para-hydroxylation sites is 1. The first-order valence-corrected chi connectivity index (χ1v) is 5.26. The maximum absolute atomic E-state index is 5.75. The van der Waals surface area contributed by atoms with E-state index in [9.17, 15) is 0 Å². The Bertz CT molecular complexity index is 320. The quantitative estimate of drug-likeness (QED) is 0.569. The van der Waals surface area contributed by atoms with Crippen molar-refractivity contribution in [1.29, 1.82) is 0 Å². The molecular formula is C13H19NO. The van der Waals surface area contributed by atoms with Crippen molar-refractivity contribution >= 4 is 0 Å². The molecule has 0 radical (unpaired) electrons. The maximum atomic E-state index is 5.75. The van der Waals surface area contributed by atoms with Gasteiger partial charge in [-0.15, -0.1) is 6.58 Å². The van der Waals surface area contributed by atoms with Crippen LogP contribution in [-0.2, 0) is 6.54 Å². The number of aryl methyl sites for hydroxylation is 1. The van der Waals surface area contributed by atoms with Crippen LogP contribution < -0.4 is 10.1 Å². The Kier molecular flexibility index (Phi) is 4.91. The largest absolute Gasteiger partial charge is 0.493 e. The lowest BCUT2D eigenvalue weighted by atomic mass is 10.1. The van der Waals surface area contributed by atoms with Crippen LogP contribution in [0.1, 0.15) is 17.5 Å². The monoisotopic (exact) mass is 205 g/mol. The van der Waals surface area contributed by atoms with Crippen LogP contribution in [0.3, 0.4) is 0 Å². The Morgan fingerprint density at radius 2 is 2.27 bits per heavy atom. The molecule has 82 valence electrons. The summed E-state index contributed by atoms with van der Waals surface area (Å²) in [6.45, 7) is 7.29. The van der Waals surface area contributed by atoms with E-state index in [0.717, 1.165) is 18.7 Å². The number of rotatable bonds is 6. The molecule has 0 saturated carbocycles. The summed E-state index contributed by atoms with van der Waals surface area (Å²) in [5, 5.41) is 3.14. The van der Waals surface area contributed by atoms with Gasteiger partial charge in [-0.1, -0.05) is 24.3 Å². The topological polar surface area (TPSA) is 21.3 Å². The Morgan fingerprint density at radius 1 is 1.47 bits per heavy atom. The van der Waals surface area contributed by atoms with E-state index in [1.165, 1.54) is 11.1 Å². The summed E-state index contributed by atoms with van der Waals surface area (Å²) < 4.78 is 5.75. The normalized spacial score (nSPS) is 10.0. The molecule has 0 aliphatic heterocycles. The molecular weight excluding hydrogens is 186 g/mol. The minimum atomic E-state index is 0.699. The fourth-order valence-electron chi connectivity index (χ4n) is 1.49. The Hall–Kier alpha value is -1.28. The van der Waals surface area contributed by atoms with E-state index in [0.29, 0.717) is 6.61 Å². The molecule has 1 aromatic rings. The van der Waals surface area contributed by atoms with Crippen LogP contribution in [0, 0.1) is 6.92 Å². The summed E-state index contributed by atoms with van der Waals surface area (Å²) in [6, 6.07) is 6.22. The molecule has 0 spiro atoms. The summed E-state index contributed by atoms with van der Waals surface area (Å²) in [5.74, 6) is 1.01. The molecule has 1 rings (SSSR count). The van der Waals surface area contributed by atoms with Gasteiger partial charge in [-0.2, -0.15) is 0 Å². The lowest BCUT2D eigenvalue weighted by Crippen LogP contribution is -2.08. The number of nitrogens with one attached hydrogen (secondary N) is 1. The van der Waals surface area contributed by atoms with Crippen LogP contribution >= 0.6 is 0 Å². The summed E-state index contributed by atoms with van der Waals surface area (Å²) in [5.41, 5.74) is 2.40. The summed E-state index contributed by atoms with van der Waals surface area (Å²) in [4.78, 5) is 0. The molecule has 0 aromatic heterocycles. The van der Waals surface area contributed by atoms with Gasteiger partial charge in [0.1, 0.15) is 5.75 Å². The van der Waals surface area contributed by atoms with Crippen molar-refractivity contribution in [2.75, 3.05) is 13.7 Å². The first-order chi connectivity index (χ1) is 7.29. The molecule has 0 amide bonds. The average molecular weight is 205 g/mol. The van der Waals surface area contributed by atoms with E-state index >= 15 is 0 Å². The van der Waals surface area contributed by atoms with Gasteiger partial charge in [-0.05, 0) is 26.0 Å². The van der Waals surface area contributed by atoms with E-state index in [1.54, 1.807) is 0 Å². The van der Waals surface area contributed by atoms with Crippen molar-refractivity contribution < 1.29 is 4.74 Å². The van der Waals surface area contributed by atoms with Crippen molar-refractivity contribution in [2.45, 2.75) is 19.9 Å². The molecule has 15 heavy (non-hydrogen) atoms. The number of ether oxygens (including phenoxy) is 1. The fourth-order valence-corrected chi connectivity index (χ4v) is 1.49. The van der Waals surface area contributed by atoms with Gasteiger partial charge >= 0.3 is 0 Å². The van der Waals surface area contributed by atoms with Gasteiger partial charge in [-0.3, -0.25) is 0 Å². The van der Waals surface area contributed by atoms with Crippen LogP contribution in [-0.4, -0.2) is 13.7 Å². The Morgan fingerprint density at radius 3 is 2.93 bits per heavy atom. The van der Waals surface area contributed by atoms with Gasteiger partial charge in [0.05, 0.1) is 6.61 Å². The molecule has 0 aliphatic carbocycles. The minimum Gasteiger partial charge on any atom is -0.493 e. The minimum absolute atomic E-state index is 0.699. The highest BCUT2D eigenvalue weighted by atomic mass is 16.5. The first kappa shape index (κ1) is 11.8. The molecule has 0 unspecified atom stereocenters. The second-order valence-corrected chi connectivity index (χ2v) is 3.52. The predicted molar refractivity (Wildman–Crippen MR) is 64.3 cm³/mol. The second kappa shape index (κ2) is 6.25. The summed E-state index contributed by atoms with van der Waals surface area (Å²) >= 11 is 0. The third-order valence-electron chi connectivity index (χ3n) is 2.23. The van der Waals surface area contributed by atoms with Gasteiger partial charge in [0.2, 0.25) is 0 Å². The predicted octanol–water partition coefficient (Wildman–Crippen LogP) is 2.67. The molecule has 2 nitrogen and oxygen atoms in total. The van der Waals surface area contributed by atoms with Crippen molar-refractivity contribution in [3.63, 3.8) is 0 Å². The number of hydrogen-bond acceptors (Lipinski definition) is 2. The van der Waals surface area contributed by atoms with E-state index in [1.807, 2.05) is 13.1 Å². The van der Waals surface area contributed by atoms with E-state index < -0.39 is 0 Å². The average Bonchev–Trinajstić information content (AvgIpc) is 2.23. The Labute approximate surface area is 92.0 Å². The highest BCUT2D eigenvalue weighted by molar-refractivity contribution is 5.40. The van der Waals surface area contributed by atoms with Crippen LogP contribution in [0.2, 0.25) is 0 Å². The molecule has 0 saturated heterocycles. The van der Waals surface area contributed by atoms with E-state index in [-0.39, 0.29) is 0 Å². The third-order valence-corrected chi connectivity index (χ3v) is 2.23. The van der Waals surface area contributed by atoms with Crippen molar-refractivity contribution in [1.82, 2.24) is 5.32 Å². The van der Waals surface area contributed by atoms with Gasteiger partial charge in [-0.25, -0.2) is 0 Å². The van der Waals surface area contributed by atoms with Crippen molar-refractivity contribution in [2.24, 2.45) is 0 Å². The lowest BCUT2D eigenvalue weighted by molar-refractivity contribution is 0.319. The van der Waals surface area contributed by atoms with E-state index in [2.05, 4.69) is 37.0 Å². The highest BCUT2D eigenvalue weighted by Gasteiger charge is 2.05. The van der Waals surface area contributed by atoms with Crippen LogP contribution in [0.5, 0.6) is 5.75 Å².